The number of hydrogen-bond donors (Lipinski definition) is 2. The van der Waals surface area contributed by atoms with Crippen molar-refractivity contribution in [1.82, 2.24) is 10.6 Å². The van der Waals surface area contributed by atoms with E-state index < -0.39 is 0 Å². The average molecular weight is 334 g/mol. The molecule has 126 valence electrons. The molecule has 1 unspecified atom stereocenters. The van der Waals surface area contributed by atoms with Crippen molar-refractivity contribution in [3.63, 3.8) is 0 Å². The molecule has 5 heteroatoms. The predicted octanol–water partition coefficient (Wildman–Crippen LogP) is 3.94. The van der Waals surface area contributed by atoms with Gasteiger partial charge in [0, 0.05) is 10.9 Å². The Morgan fingerprint density at radius 3 is 2.52 bits per heavy atom. The predicted molar refractivity (Wildman–Crippen MR) is 94.8 cm³/mol. The summed E-state index contributed by atoms with van der Waals surface area (Å²) < 4.78 is 0. The fraction of sp³-hybridized carbons (Fsp3) is 0.556. The lowest BCUT2D eigenvalue weighted by Gasteiger charge is -2.23. The van der Waals surface area contributed by atoms with Gasteiger partial charge in [0.15, 0.2) is 0 Å². The van der Waals surface area contributed by atoms with E-state index in [2.05, 4.69) is 16.7 Å². The van der Waals surface area contributed by atoms with Crippen LogP contribution >= 0.6 is 11.8 Å². The van der Waals surface area contributed by atoms with Gasteiger partial charge in [0.2, 0.25) is 5.91 Å². The molecule has 4 nitrogen and oxygen atoms in total. The summed E-state index contributed by atoms with van der Waals surface area (Å²) in [4.78, 5) is 25.2. The van der Waals surface area contributed by atoms with E-state index in [1.165, 1.54) is 23.7 Å². The number of carbonyl (C=O) groups is 2. The summed E-state index contributed by atoms with van der Waals surface area (Å²) in [5, 5.41) is 5.06. The molecule has 0 aromatic heterocycles. The summed E-state index contributed by atoms with van der Waals surface area (Å²) in [6.07, 6.45) is 5.56. The number of hydrogen-bond acceptors (Lipinski definition) is 3. The van der Waals surface area contributed by atoms with Crippen molar-refractivity contribution in [2.45, 2.75) is 69.1 Å². The maximum Gasteiger partial charge on any atom is 0.321 e. The molecule has 3 amide bonds. The second-order valence-corrected chi connectivity index (χ2v) is 7.71. The first-order valence-electron chi connectivity index (χ1n) is 8.31. The van der Waals surface area contributed by atoms with E-state index >= 15 is 0 Å². The number of urea groups is 1. The van der Waals surface area contributed by atoms with Crippen LogP contribution < -0.4 is 10.6 Å². The van der Waals surface area contributed by atoms with Crippen LogP contribution in [-0.4, -0.2) is 23.2 Å². The normalized spacial score (nSPS) is 16.7. The van der Waals surface area contributed by atoms with E-state index in [4.69, 9.17) is 0 Å². The fourth-order valence-electron chi connectivity index (χ4n) is 2.86. The zero-order chi connectivity index (χ0) is 16.8. The molecule has 23 heavy (non-hydrogen) atoms. The molecule has 0 heterocycles. The number of thioether (sulfide) groups is 1. The Kier molecular flexibility index (Phi) is 6.51. The SMILES string of the molecule is Cc1ccc(SC(C)C(=O)NC(=O)NC2CCCCC2)c(C)c1. The number of aryl methyl sites for hydroxylation is 2. The van der Waals surface area contributed by atoms with Crippen LogP contribution in [0.4, 0.5) is 4.79 Å². The zero-order valence-electron chi connectivity index (χ0n) is 14.1. The highest BCUT2D eigenvalue weighted by Gasteiger charge is 2.20. The lowest BCUT2D eigenvalue weighted by molar-refractivity contribution is -0.119. The van der Waals surface area contributed by atoms with E-state index in [-0.39, 0.29) is 23.2 Å². The van der Waals surface area contributed by atoms with Crippen LogP contribution in [0.3, 0.4) is 0 Å². The Morgan fingerprint density at radius 1 is 1.17 bits per heavy atom. The van der Waals surface area contributed by atoms with Gasteiger partial charge in [-0.3, -0.25) is 10.1 Å². The molecule has 0 radical (unpaired) electrons. The highest BCUT2D eigenvalue weighted by molar-refractivity contribution is 8.00. The highest BCUT2D eigenvalue weighted by atomic mass is 32.2. The number of imide groups is 1. The van der Waals surface area contributed by atoms with Gasteiger partial charge in [-0.25, -0.2) is 4.79 Å². The van der Waals surface area contributed by atoms with Crippen molar-refractivity contribution in [1.29, 1.82) is 0 Å². The van der Waals surface area contributed by atoms with Crippen LogP contribution in [0.2, 0.25) is 0 Å². The summed E-state index contributed by atoms with van der Waals surface area (Å²) in [5.41, 5.74) is 2.36. The summed E-state index contributed by atoms with van der Waals surface area (Å²) in [7, 11) is 0. The minimum Gasteiger partial charge on any atom is -0.335 e. The maximum atomic E-state index is 12.2. The van der Waals surface area contributed by atoms with Crippen LogP contribution in [0.15, 0.2) is 23.1 Å². The van der Waals surface area contributed by atoms with Crippen molar-refractivity contribution in [2.24, 2.45) is 0 Å². The third-order valence-electron chi connectivity index (χ3n) is 4.18. The summed E-state index contributed by atoms with van der Waals surface area (Å²) in [6, 6.07) is 6.01. The van der Waals surface area contributed by atoms with Crippen molar-refractivity contribution in [2.75, 3.05) is 0 Å². The Hall–Kier alpha value is -1.49. The van der Waals surface area contributed by atoms with Crippen LogP contribution in [0, 0.1) is 13.8 Å². The quantitative estimate of drug-likeness (QED) is 0.820. The first-order chi connectivity index (χ1) is 11.0. The molecule has 1 atom stereocenters. The summed E-state index contributed by atoms with van der Waals surface area (Å²) in [6.45, 7) is 5.91. The molecule has 1 aliphatic carbocycles. The molecular weight excluding hydrogens is 308 g/mol. The molecule has 2 rings (SSSR count). The molecule has 1 aromatic rings. The number of benzene rings is 1. The number of carbonyl (C=O) groups excluding carboxylic acids is 2. The van der Waals surface area contributed by atoms with Gasteiger partial charge in [-0.15, -0.1) is 11.8 Å². The minimum absolute atomic E-state index is 0.207. The van der Waals surface area contributed by atoms with Crippen molar-refractivity contribution in [3.05, 3.63) is 29.3 Å². The molecule has 0 spiro atoms. The Balaban J connectivity index is 1.83. The van der Waals surface area contributed by atoms with Gasteiger partial charge in [0.25, 0.3) is 0 Å². The van der Waals surface area contributed by atoms with Gasteiger partial charge in [-0.05, 0) is 45.2 Å². The number of nitrogens with one attached hydrogen (secondary N) is 2. The Morgan fingerprint density at radius 2 is 1.87 bits per heavy atom. The topological polar surface area (TPSA) is 58.2 Å². The van der Waals surface area contributed by atoms with Gasteiger partial charge >= 0.3 is 6.03 Å². The van der Waals surface area contributed by atoms with E-state index in [9.17, 15) is 9.59 Å². The Bertz CT molecular complexity index is 568. The number of amides is 3. The monoisotopic (exact) mass is 334 g/mol. The molecule has 1 aliphatic rings. The fourth-order valence-corrected chi connectivity index (χ4v) is 3.80. The average Bonchev–Trinajstić information content (AvgIpc) is 2.50. The summed E-state index contributed by atoms with van der Waals surface area (Å²) in [5.74, 6) is -0.247. The maximum absolute atomic E-state index is 12.2. The van der Waals surface area contributed by atoms with Gasteiger partial charge < -0.3 is 5.32 Å². The van der Waals surface area contributed by atoms with Crippen molar-refractivity contribution in [3.8, 4) is 0 Å². The van der Waals surface area contributed by atoms with E-state index in [0.717, 1.165) is 36.1 Å². The molecule has 1 aromatic carbocycles. The molecule has 0 aliphatic heterocycles. The van der Waals surface area contributed by atoms with Gasteiger partial charge in [-0.2, -0.15) is 0 Å². The smallest absolute Gasteiger partial charge is 0.321 e. The third kappa shape index (κ3) is 5.57. The first-order valence-corrected chi connectivity index (χ1v) is 9.19. The van der Waals surface area contributed by atoms with Gasteiger partial charge in [-0.1, -0.05) is 37.0 Å². The molecule has 0 saturated heterocycles. The minimum atomic E-state index is -0.366. The van der Waals surface area contributed by atoms with Crippen LogP contribution in [-0.2, 0) is 4.79 Å². The molecule has 2 N–H and O–H groups in total. The second-order valence-electron chi connectivity index (χ2n) is 6.33. The van der Waals surface area contributed by atoms with Crippen molar-refractivity contribution < 1.29 is 9.59 Å². The lowest BCUT2D eigenvalue weighted by Crippen LogP contribution is -2.47. The van der Waals surface area contributed by atoms with Crippen molar-refractivity contribution >= 4 is 23.7 Å². The molecule has 1 saturated carbocycles. The van der Waals surface area contributed by atoms with Crippen LogP contribution in [0.25, 0.3) is 0 Å². The Labute approximate surface area is 142 Å². The van der Waals surface area contributed by atoms with Gasteiger partial charge in [0.1, 0.15) is 0 Å². The largest absolute Gasteiger partial charge is 0.335 e. The van der Waals surface area contributed by atoms with Crippen LogP contribution in [0.5, 0.6) is 0 Å². The third-order valence-corrected chi connectivity index (χ3v) is 5.46. The highest BCUT2D eigenvalue weighted by Crippen LogP contribution is 2.27. The van der Waals surface area contributed by atoms with E-state index in [0.29, 0.717) is 0 Å². The van der Waals surface area contributed by atoms with E-state index in [1.807, 2.05) is 32.9 Å². The lowest BCUT2D eigenvalue weighted by atomic mass is 9.96. The standard InChI is InChI=1S/C18H26N2O2S/c1-12-9-10-16(13(2)11-12)23-14(3)17(21)20-18(22)19-15-7-5-4-6-8-15/h9-11,14-15H,4-8H2,1-3H3,(H2,19,20,21,22). The second kappa shape index (κ2) is 8.39. The number of rotatable bonds is 4. The molecular formula is C18H26N2O2S. The first kappa shape index (κ1) is 17.9. The zero-order valence-corrected chi connectivity index (χ0v) is 15.0. The van der Waals surface area contributed by atoms with Gasteiger partial charge in [0.05, 0.1) is 5.25 Å². The summed E-state index contributed by atoms with van der Waals surface area (Å²) >= 11 is 1.48. The van der Waals surface area contributed by atoms with E-state index in [1.54, 1.807) is 0 Å². The molecule has 0 bridgehead atoms. The van der Waals surface area contributed by atoms with Crippen LogP contribution in [0.1, 0.15) is 50.2 Å². The molecule has 1 fully saturated rings.